The van der Waals surface area contributed by atoms with E-state index in [0.29, 0.717) is 17.8 Å². The standard InChI is InChI=1S/C16H23F3O2/c1-9(16(17,18)19)13(20)21-14(2,3)15-6-10-4-11(7-15)12(5-10)8-15/h9-12H,4-8H2,1-3H3. The van der Waals surface area contributed by atoms with Crippen LogP contribution >= 0.6 is 0 Å². The van der Waals surface area contributed by atoms with Crippen LogP contribution in [0.3, 0.4) is 0 Å². The van der Waals surface area contributed by atoms with Crippen LogP contribution in [0.1, 0.15) is 52.9 Å². The number of ether oxygens (including phenoxy) is 1. The van der Waals surface area contributed by atoms with Crippen LogP contribution in [0.15, 0.2) is 0 Å². The Morgan fingerprint density at radius 2 is 1.67 bits per heavy atom. The number of esters is 1. The molecule has 4 rings (SSSR count). The Kier molecular flexibility index (Phi) is 3.17. The number of rotatable bonds is 3. The van der Waals surface area contributed by atoms with Crippen molar-refractivity contribution in [3.8, 4) is 0 Å². The lowest BCUT2D eigenvalue weighted by Gasteiger charge is -2.49. The molecule has 5 heteroatoms. The van der Waals surface area contributed by atoms with E-state index in [1.807, 2.05) is 0 Å². The van der Waals surface area contributed by atoms with Crippen LogP contribution in [0.25, 0.3) is 0 Å². The van der Waals surface area contributed by atoms with Gasteiger partial charge in [-0.25, -0.2) is 0 Å². The van der Waals surface area contributed by atoms with Crippen LogP contribution in [0, 0.1) is 29.1 Å². The molecule has 120 valence electrons. The van der Waals surface area contributed by atoms with Crippen molar-refractivity contribution in [2.45, 2.75) is 64.7 Å². The highest BCUT2D eigenvalue weighted by Crippen LogP contribution is 2.68. The van der Waals surface area contributed by atoms with E-state index in [4.69, 9.17) is 4.74 Å². The molecule has 4 fully saturated rings. The van der Waals surface area contributed by atoms with E-state index in [1.165, 1.54) is 12.8 Å². The van der Waals surface area contributed by atoms with E-state index in [0.717, 1.165) is 26.2 Å². The van der Waals surface area contributed by atoms with Crippen molar-refractivity contribution >= 4 is 5.97 Å². The summed E-state index contributed by atoms with van der Waals surface area (Å²) in [6.07, 6.45) is 1.01. The highest BCUT2D eigenvalue weighted by atomic mass is 19.4. The minimum Gasteiger partial charge on any atom is -0.459 e. The highest BCUT2D eigenvalue weighted by molar-refractivity contribution is 5.73. The molecule has 4 aliphatic carbocycles. The first-order chi connectivity index (χ1) is 9.54. The van der Waals surface area contributed by atoms with Crippen LogP contribution in [0.4, 0.5) is 13.2 Å². The van der Waals surface area contributed by atoms with Gasteiger partial charge in [-0.15, -0.1) is 0 Å². The van der Waals surface area contributed by atoms with Gasteiger partial charge in [-0.05, 0) is 70.6 Å². The molecule has 0 radical (unpaired) electrons. The summed E-state index contributed by atoms with van der Waals surface area (Å²) < 4.78 is 43.4. The van der Waals surface area contributed by atoms with E-state index in [2.05, 4.69) is 0 Å². The number of carbonyl (C=O) groups is 1. The lowest BCUT2D eigenvalue weighted by molar-refractivity contribution is -0.213. The second-order valence-corrected chi connectivity index (χ2v) is 7.95. The third-order valence-corrected chi connectivity index (χ3v) is 6.40. The van der Waals surface area contributed by atoms with Crippen molar-refractivity contribution in [2.24, 2.45) is 29.1 Å². The largest absolute Gasteiger partial charge is 0.459 e. The summed E-state index contributed by atoms with van der Waals surface area (Å²) in [6, 6.07) is 0. The second kappa shape index (κ2) is 4.39. The summed E-state index contributed by atoms with van der Waals surface area (Å²) in [7, 11) is 0. The average Bonchev–Trinajstić information content (AvgIpc) is 2.75. The third-order valence-electron chi connectivity index (χ3n) is 6.40. The number of alkyl halides is 3. The lowest BCUT2D eigenvalue weighted by atomic mass is 9.61. The lowest BCUT2D eigenvalue weighted by Crippen LogP contribution is -2.50. The van der Waals surface area contributed by atoms with Gasteiger partial charge in [0.15, 0.2) is 0 Å². The van der Waals surface area contributed by atoms with E-state index in [1.54, 1.807) is 13.8 Å². The molecule has 0 N–H and O–H groups in total. The average molecular weight is 304 g/mol. The fraction of sp³-hybridized carbons (Fsp3) is 0.938. The van der Waals surface area contributed by atoms with Gasteiger partial charge < -0.3 is 4.74 Å². The number of hydrogen-bond acceptors (Lipinski definition) is 2. The van der Waals surface area contributed by atoms with Crippen molar-refractivity contribution in [2.75, 3.05) is 0 Å². The molecule has 4 aliphatic rings. The Balaban J connectivity index is 1.74. The Labute approximate surface area is 123 Å². The fourth-order valence-corrected chi connectivity index (χ4v) is 5.13. The maximum atomic E-state index is 12.7. The molecule has 0 spiro atoms. The fourth-order valence-electron chi connectivity index (χ4n) is 5.13. The smallest absolute Gasteiger partial charge is 0.401 e. The molecule has 4 bridgehead atoms. The molecular weight excluding hydrogens is 281 g/mol. The Morgan fingerprint density at radius 1 is 1.14 bits per heavy atom. The van der Waals surface area contributed by atoms with Gasteiger partial charge >= 0.3 is 12.1 Å². The first-order valence-electron chi connectivity index (χ1n) is 7.84. The predicted octanol–water partition coefficient (Wildman–Crippen LogP) is 4.33. The molecule has 0 aromatic carbocycles. The van der Waals surface area contributed by atoms with Crippen molar-refractivity contribution in [3.63, 3.8) is 0 Å². The molecular formula is C16H23F3O2. The molecule has 0 heterocycles. The molecule has 0 amide bonds. The molecule has 0 aliphatic heterocycles. The van der Waals surface area contributed by atoms with E-state index >= 15 is 0 Å². The third kappa shape index (κ3) is 2.27. The topological polar surface area (TPSA) is 26.3 Å². The van der Waals surface area contributed by atoms with Crippen LogP contribution in [-0.4, -0.2) is 17.7 Å². The summed E-state index contributed by atoms with van der Waals surface area (Å²) in [5, 5.41) is 0. The van der Waals surface area contributed by atoms with Gasteiger partial charge in [-0.3, -0.25) is 4.79 Å². The molecule has 4 saturated carbocycles. The highest BCUT2D eigenvalue weighted by Gasteiger charge is 2.63. The number of carbonyl (C=O) groups excluding carboxylic acids is 1. The summed E-state index contributed by atoms with van der Waals surface area (Å²) in [5.74, 6) is -1.11. The van der Waals surface area contributed by atoms with Gasteiger partial charge in [0.1, 0.15) is 11.5 Å². The van der Waals surface area contributed by atoms with Crippen molar-refractivity contribution in [1.82, 2.24) is 0 Å². The molecule has 3 unspecified atom stereocenters. The molecule has 0 aromatic rings. The molecule has 2 nitrogen and oxygen atoms in total. The predicted molar refractivity (Wildman–Crippen MR) is 71.4 cm³/mol. The first kappa shape index (κ1) is 15.2. The van der Waals surface area contributed by atoms with Gasteiger partial charge in [-0.1, -0.05) is 0 Å². The zero-order valence-electron chi connectivity index (χ0n) is 12.8. The minimum atomic E-state index is -4.53. The van der Waals surface area contributed by atoms with Crippen LogP contribution in [0.2, 0.25) is 0 Å². The van der Waals surface area contributed by atoms with Gasteiger partial charge in [0, 0.05) is 5.41 Å². The Bertz CT molecular complexity index is 435. The zero-order valence-corrected chi connectivity index (χ0v) is 12.8. The van der Waals surface area contributed by atoms with Crippen LogP contribution in [0.5, 0.6) is 0 Å². The maximum absolute atomic E-state index is 12.7. The van der Waals surface area contributed by atoms with Gasteiger partial charge in [0.2, 0.25) is 0 Å². The van der Waals surface area contributed by atoms with Gasteiger partial charge in [-0.2, -0.15) is 13.2 Å². The van der Waals surface area contributed by atoms with Crippen LogP contribution < -0.4 is 0 Å². The molecule has 3 atom stereocenters. The second-order valence-electron chi connectivity index (χ2n) is 7.95. The van der Waals surface area contributed by atoms with E-state index < -0.39 is 23.7 Å². The van der Waals surface area contributed by atoms with E-state index in [9.17, 15) is 18.0 Å². The summed E-state index contributed by atoms with van der Waals surface area (Å²) in [4.78, 5) is 11.9. The van der Waals surface area contributed by atoms with Crippen molar-refractivity contribution < 1.29 is 22.7 Å². The summed E-state index contributed by atoms with van der Waals surface area (Å²) in [5.41, 5.74) is -0.917. The quantitative estimate of drug-likeness (QED) is 0.725. The molecule has 0 saturated heterocycles. The Morgan fingerprint density at radius 3 is 2.10 bits per heavy atom. The normalized spacial score (nSPS) is 39.6. The first-order valence-corrected chi connectivity index (χ1v) is 7.84. The Hall–Kier alpha value is -0.740. The number of halogens is 3. The van der Waals surface area contributed by atoms with Crippen molar-refractivity contribution in [3.05, 3.63) is 0 Å². The monoisotopic (exact) mass is 304 g/mol. The maximum Gasteiger partial charge on any atom is 0.401 e. The zero-order chi connectivity index (χ0) is 15.6. The van der Waals surface area contributed by atoms with Gasteiger partial charge in [0.25, 0.3) is 0 Å². The van der Waals surface area contributed by atoms with Crippen LogP contribution in [-0.2, 0) is 9.53 Å². The van der Waals surface area contributed by atoms with Gasteiger partial charge in [0.05, 0.1) is 0 Å². The molecule has 21 heavy (non-hydrogen) atoms. The van der Waals surface area contributed by atoms with Crippen molar-refractivity contribution in [1.29, 1.82) is 0 Å². The minimum absolute atomic E-state index is 0.107. The molecule has 0 aromatic heterocycles. The van der Waals surface area contributed by atoms with E-state index in [-0.39, 0.29) is 5.41 Å². The summed E-state index contributed by atoms with van der Waals surface area (Å²) in [6.45, 7) is 4.49. The number of hydrogen-bond donors (Lipinski definition) is 0. The SMILES string of the molecule is CC(C(=O)OC(C)(C)C12CC3CC(C1)C(C3)C2)C(F)(F)F. The summed E-state index contributed by atoms with van der Waals surface area (Å²) >= 11 is 0.